The average molecular weight is 527 g/mol. The van der Waals surface area contributed by atoms with Crippen molar-refractivity contribution in [3.63, 3.8) is 0 Å². The zero-order valence-electron chi connectivity index (χ0n) is 17.1. The van der Waals surface area contributed by atoms with E-state index < -0.39 is 0 Å². The predicted molar refractivity (Wildman–Crippen MR) is 126 cm³/mol. The molecule has 1 fully saturated rings. The molecule has 2 aromatic rings. The van der Waals surface area contributed by atoms with E-state index in [0.29, 0.717) is 13.3 Å². The van der Waals surface area contributed by atoms with Crippen LogP contribution in [0.2, 0.25) is 0 Å². The molecule has 0 aliphatic carbocycles. The van der Waals surface area contributed by atoms with E-state index in [1.54, 1.807) is 6.26 Å². The number of halogens is 1. The van der Waals surface area contributed by atoms with Crippen molar-refractivity contribution in [3.8, 4) is 11.5 Å². The van der Waals surface area contributed by atoms with Gasteiger partial charge in [-0.3, -0.25) is 4.99 Å². The van der Waals surface area contributed by atoms with Crippen LogP contribution in [-0.4, -0.2) is 45.1 Å². The van der Waals surface area contributed by atoms with Gasteiger partial charge in [-0.15, -0.1) is 24.0 Å². The number of rotatable bonds is 8. The molecule has 1 aromatic carbocycles. The predicted octanol–water partition coefficient (Wildman–Crippen LogP) is 3.52. The van der Waals surface area contributed by atoms with Crippen molar-refractivity contribution in [2.24, 2.45) is 4.99 Å². The summed E-state index contributed by atoms with van der Waals surface area (Å²) in [5.74, 6) is 3.41. The third-order valence-electron chi connectivity index (χ3n) is 5.11. The number of fused-ring (bicyclic) bond motifs is 1. The lowest BCUT2D eigenvalue weighted by atomic mass is 10.1. The fourth-order valence-corrected chi connectivity index (χ4v) is 3.50. The molecule has 2 aliphatic heterocycles. The van der Waals surface area contributed by atoms with Crippen LogP contribution in [0.5, 0.6) is 11.5 Å². The SMILES string of the molecule is I.c1coc(CCNC(=NCC2CCCCO2)NCCc2ccc3c(c2)OCO3)c1. The summed E-state index contributed by atoms with van der Waals surface area (Å²) in [5, 5.41) is 6.84. The van der Waals surface area contributed by atoms with Gasteiger partial charge in [-0.25, -0.2) is 0 Å². The highest BCUT2D eigenvalue weighted by Crippen LogP contribution is 2.32. The number of hydrogen-bond acceptors (Lipinski definition) is 5. The van der Waals surface area contributed by atoms with Crippen molar-refractivity contribution in [2.45, 2.75) is 38.2 Å². The van der Waals surface area contributed by atoms with E-state index in [0.717, 1.165) is 68.6 Å². The molecule has 30 heavy (non-hydrogen) atoms. The molecule has 1 unspecified atom stereocenters. The normalized spacial score (nSPS) is 18.0. The standard InChI is InChI=1S/C22H29N3O4.HI/c1-2-12-27-19(4-1)15-25-22(24-11-9-18-5-3-13-26-18)23-10-8-17-6-7-20-21(14-17)29-16-28-20;/h3,5-7,13-14,19H,1-2,4,8-12,15-16H2,(H2,23,24,25);1H. The van der Waals surface area contributed by atoms with Crippen molar-refractivity contribution < 1.29 is 18.6 Å². The molecule has 4 rings (SSSR count). The van der Waals surface area contributed by atoms with Crippen molar-refractivity contribution in [1.82, 2.24) is 10.6 Å². The maximum Gasteiger partial charge on any atom is 0.231 e. The van der Waals surface area contributed by atoms with Gasteiger partial charge >= 0.3 is 0 Å². The lowest BCUT2D eigenvalue weighted by molar-refractivity contribution is 0.0224. The number of furan rings is 1. The van der Waals surface area contributed by atoms with Gasteiger partial charge in [0.25, 0.3) is 0 Å². The van der Waals surface area contributed by atoms with Crippen LogP contribution < -0.4 is 20.1 Å². The number of nitrogens with zero attached hydrogens (tertiary/aromatic N) is 1. The zero-order valence-corrected chi connectivity index (χ0v) is 19.4. The van der Waals surface area contributed by atoms with Gasteiger partial charge < -0.3 is 29.3 Å². The van der Waals surface area contributed by atoms with Gasteiger partial charge in [-0.2, -0.15) is 0 Å². The molecule has 2 aliphatic rings. The summed E-state index contributed by atoms with van der Waals surface area (Å²) in [7, 11) is 0. The third-order valence-corrected chi connectivity index (χ3v) is 5.11. The number of guanidine groups is 1. The van der Waals surface area contributed by atoms with E-state index in [9.17, 15) is 0 Å². The van der Waals surface area contributed by atoms with Gasteiger partial charge in [-0.05, 0) is 55.5 Å². The van der Waals surface area contributed by atoms with Crippen molar-refractivity contribution in [3.05, 3.63) is 47.9 Å². The quantitative estimate of drug-likeness (QED) is 0.311. The Morgan fingerprint density at radius 3 is 2.70 bits per heavy atom. The molecule has 0 saturated carbocycles. The molecule has 1 aromatic heterocycles. The molecule has 8 heteroatoms. The second-order valence-electron chi connectivity index (χ2n) is 7.30. The Kier molecular flexibility index (Phi) is 9.13. The van der Waals surface area contributed by atoms with E-state index in [2.05, 4.69) is 16.7 Å². The van der Waals surface area contributed by atoms with E-state index in [1.807, 2.05) is 24.3 Å². The molecule has 7 nitrogen and oxygen atoms in total. The maximum absolute atomic E-state index is 5.80. The zero-order chi connectivity index (χ0) is 19.7. The first-order chi connectivity index (χ1) is 14.4. The summed E-state index contributed by atoms with van der Waals surface area (Å²) in [4.78, 5) is 4.75. The van der Waals surface area contributed by atoms with Crippen molar-refractivity contribution >= 4 is 29.9 Å². The minimum atomic E-state index is 0. The topological polar surface area (TPSA) is 77.3 Å². The Bertz CT molecular complexity index is 792. The number of ether oxygens (including phenoxy) is 3. The van der Waals surface area contributed by atoms with Crippen LogP contribution in [0.4, 0.5) is 0 Å². The largest absolute Gasteiger partial charge is 0.469 e. The van der Waals surface area contributed by atoms with Gasteiger partial charge in [0.1, 0.15) is 5.76 Å². The summed E-state index contributed by atoms with van der Waals surface area (Å²) in [5.41, 5.74) is 1.20. The maximum atomic E-state index is 5.80. The Morgan fingerprint density at radius 2 is 1.90 bits per heavy atom. The summed E-state index contributed by atoms with van der Waals surface area (Å²) in [6.45, 7) is 3.36. The molecule has 1 atom stereocenters. The van der Waals surface area contributed by atoms with Gasteiger partial charge in [0.15, 0.2) is 17.5 Å². The lowest BCUT2D eigenvalue weighted by Gasteiger charge is -2.21. The molecule has 0 radical (unpaired) electrons. The van der Waals surface area contributed by atoms with Crippen LogP contribution in [0.15, 0.2) is 46.0 Å². The van der Waals surface area contributed by atoms with Gasteiger partial charge in [0.05, 0.1) is 18.9 Å². The summed E-state index contributed by atoms with van der Waals surface area (Å²) >= 11 is 0. The fraction of sp³-hybridized carbons (Fsp3) is 0.500. The number of aliphatic imine (C=N–C) groups is 1. The highest BCUT2D eigenvalue weighted by molar-refractivity contribution is 14.0. The first kappa shape index (κ1) is 22.7. The molecule has 164 valence electrons. The fourth-order valence-electron chi connectivity index (χ4n) is 3.50. The Morgan fingerprint density at radius 1 is 1.03 bits per heavy atom. The first-order valence-corrected chi connectivity index (χ1v) is 10.4. The van der Waals surface area contributed by atoms with Crippen molar-refractivity contribution in [1.29, 1.82) is 0 Å². The third kappa shape index (κ3) is 6.80. The molecule has 1 saturated heterocycles. The summed E-state index contributed by atoms with van der Waals surface area (Å²) in [6, 6.07) is 9.98. The van der Waals surface area contributed by atoms with Gasteiger partial charge in [0.2, 0.25) is 6.79 Å². The van der Waals surface area contributed by atoms with Crippen LogP contribution in [0, 0.1) is 0 Å². The lowest BCUT2D eigenvalue weighted by Crippen LogP contribution is -2.40. The first-order valence-electron chi connectivity index (χ1n) is 10.4. The number of hydrogen-bond donors (Lipinski definition) is 2. The number of benzene rings is 1. The molecule has 3 heterocycles. The number of nitrogens with one attached hydrogen (secondary N) is 2. The van der Waals surface area contributed by atoms with Crippen LogP contribution in [0.1, 0.15) is 30.6 Å². The van der Waals surface area contributed by atoms with Crippen LogP contribution in [-0.2, 0) is 17.6 Å². The van der Waals surface area contributed by atoms with Gasteiger partial charge in [-0.1, -0.05) is 6.07 Å². The van der Waals surface area contributed by atoms with Crippen LogP contribution in [0.3, 0.4) is 0 Å². The highest BCUT2D eigenvalue weighted by atomic mass is 127. The van der Waals surface area contributed by atoms with Crippen molar-refractivity contribution in [2.75, 3.05) is 33.0 Å². The second-order valence-corrected chi connectivity index (χ2v) is 7.30. The van der Waals surface area contributed by atoms with Crippen LogP contribution >= 0.6 is 24.0 Å². The van der Waals surface area contributed by atoms with E-state index in [-0.39, 0.29) is 30.1 Å². The molecular formula is C22H30IN3O4. The molecule has 0 amide bonds. The smallest absolute Gasteiger partial charge is 0.231 e. The average Bonchev–Trinajstić information content (AvgIpc) is 3.44. The molecular weight excluding hydrogens is 497 g/mol. The second kappa shape index (κ2) is 12.0. The Balaban J connectivity index is 0.00000256. The van der Waals surface area contributed by atoms with E-state index in [1.165, 1.54) is 12.0 Å². The summed E-state index contributed by atoms with van der Waals surface area (Å²) < 4.78 is 22.0. The minimum Gasteiger partial charge on any atom is -0.469 e. The Labute approximate surface area is 194 Å². The van der Waals surface area contributed by atoms with E-state index >= 15 is 0 Å². The minimum absolute atomic E-state index is 0. The monoisotopic (exact) mass is 527 g/mol. The molecule has 0 bridgehead atoms. The summed E-state index contributed by atoms with van der Waals surface area (Å²) in [6.07, 6.45) is 7.07. The molecule has 0 spiro atoms. The molecule has 2 N–H and O–H groups in total. The highest BCUT2D eigenvalue weighted by Gasteiger charge is 2.14. The van der Waals surface area contributed by atoms with Crippen LogP contribution in [0.25, 0.3) is 0 Å². The van der Waals surface area contributed by atoms with Gasteiger partial charge in [0, 0.05) is 26.1 Å². The Hall–Kier alpha value is -1.94. The van der Waals surface area contributed by atoms with E-state index in [4.69, 9.17) is 23.6 Å².